The second-order valence-electron chi connectivity index (χ2n) is 4.96. The predicted molar refractivity (Wildman–Crippen MR) is 76.7 cm³/mol. The van der Waals surface area contributed by atoms with Gasteiger partial charge in [0.15, 0.2) is 0 Å². The molecule has 0 aromatic heterocycles. The van der Waals surface area contributed by atoms with E-state index in [2.05, 4.69) is 10.0 Å². The SMILES string of the molecule is CC(C)[C@@H](C)NC(=O)c1ccc(NS(C)(=O)=O)cc1. The Morgan fingerprint density at radius 2 is 1.63 bits per heavy atom. The lowest BCUT2D eigenvalue weighted by Crippen LogP contribution is -2.36. The summed E-state index contributed by atoms with van der Waals surface area (Å²) >= 11 is 0. The zero-order valence-corrected chi connectivity index (χ0v) is 12.4. The van der Waals surface area contributed by atoms with Crippen LogP contribution in [0.1, 0.15) is 31.1 Å². The van der Waals surface area contributed by atoms with Gasteiger partial charge in [-0.05, 0) is 37.1 Å². The van der Waals surface area contributed by atoms with E-state index in [1.54, 1.807) is 24.3 Å². The summed E-state index contributed by atoms with van der Waals surface area (Å²) in [4.78, 5) is 11.9. The Labute approximate surface area is 114 Å². The van der Waals surface area contributed by atoms with Crippen LogP contribution in [0.3, 0.4) is 0 Å². The van der Waals surface area contributed by atoms with Gasteiger partial charge in [-0.3, -0.25) is 9.52 Å². The number of nitrogens with one attached hydrogen (secondary N) is 2. The van der Waals surface area contributed by atoms with Gasteiger partial charge < -0.3 is 5.32 Å². The highest BCUT2D eigenvalue weighted by molar-refractivity contribution is 7.92. The molecule has 0 aliphatic heterocycles. The van der Waals surface area contributed by atoms with E-state index in [9.17, 15) is 13.2 Å². The number of anilines is 1. The summed E-state index contributed by atoms with van der Waals surface area (Å²) in [5, 5.41) is 2.89. The summed E-state index contributed by atoms with van der Waals surface area (Å²) in [5.41, 5.74) is 0.947. The summed E-state index contributed by atoms with van der Waals surface area (Å²) in [6.45, 7) is 6.01. The number of carbonyl (C=O) groups is 1. The van der Waals surface area contributed by atoms with E-state index >= 15 is 0 Å². The van der Waals surface area contributed by atoms with Gasteiger partial charge in [-0.25, -0.2) is 8.42 Å². The van der Waals surface area contributed by atoms with Crippen LogP contribution in [0.25, 0.3) is 0 Å². The largest absolute Gasteiger partial charge is 0.349 e. The van der Waals surface area contributed by atoms with Gasteiger partial charge in [0.25, 0.3) is 5.91 Å². The molecule has 1 aromatic rings. The molecule has 5 nitrogen and oxygen atoms in total. The molecule has 0 unspecified atom stereocenters. The fourth-order valence-corrected chi connectivity index (χ4v) is 1.92. The van der Waals surface area contributed by atoms with Gasteiger partial charge in [0, 0.05) is 17.3 Å². The second-order valence-corrected chi connectivity index (χ2v) is 6.71. The van der Waals surface area contributed by atoms with Crippen LogP contribution in [0.4, 0.5) is 5.69 Å². The van der Waals surface area contributed by atoms with Crippen molar-refractivity contribution in [2.75, 3.05) is 11.0 Å². The average Bonchev–Trinajstić information content (AvgIpc) is 2.27. The summed E-state index contributed by atoms with van der Waals surface area (Å²) in [5.74, 6) is 0.197. The standard InChI is InChI=1S/C13H20N2O3S/c1-9(2)10(3)14-13(16)11-5-7-12(8-6-11)15-19(4,17)18/h5-10,15H,1-4H3,(H,14,16)/t10-/m1/s1. The maximum Gasteiger partial charge on any atom is 0.251 e. The zero-order chi connectivity index (χ0) is 14.6. The molecule has 0 aliphatic rings. The third-order valence-electron chi connectivity index (χ3n) is 2.81. The Morgan fingerprint density at radius 1 is 1.11 bits per heavy atom. The lowest BCUT2D eigenvalue weighted by Gasteiger charge is -2.17. The van der Waals surface area contributed by atoms with Crippen molar-refractivity contribution in [2.24, 2.45) is 5.92 Å². The van der Waals surface area contributed by atoms with Crippen LogP contribution >= 0.6 is 0 Å². The molecule has 1 amide bonds. The average molecular weight is 284 g/mol. The number of carbonyl (C=O) groups excluding carboxylic acids is 1. The van der Waals surface area contributed by atoms with Crippen LogP contribution in [-0.4, -0.2) is 26.6 Å². The summed E-state index contributed by atoms with van der Waals surface area (Å²) < 4.78 is 24.4. The quantitative estimate of drug-likeness (QED) is 0.866. The third kappa shape index (κ3) is 5.30. The van der Waals surface area contributed by atoms with Crippen LogP contribution in [0, 0.1) is 5.92 Å². The van der Waals surface area contributed by atoms with Crippen molar-refractivity contribution >= 4 is 21.6 Å². The maximum atomic E-state index is 11.9. The van der Waals surface area contributed by atoms with Crippen LogP contribution in [0.2, 0.25) is 0 Å². The molecule has 0 saturated carbocycles. The first kappa shape index (κ1) is 15.5. The molecule has 0 heterocycles. The zero-order valence-electron chi connectivity index (χ0n) is 11.6. The minimum atomic E-state index is -3.29. The Kier molecular flexibility index (Phi) is 4.94. The van der Waals surface area contributed by atoms with E-state index in [4.69, 9.17) is 0 Å². The minimum Gasteiger partial charge on any atom is -0.349 e. The van der Waals surface area contributed by atoms with Gasteiger partial charge in [0.2, 0.25) is 10.0 Å². The van der Waals surface area contributed by atoms with E-state index in [0.717, 1.165) is 6.26 Å². The first-order chi connectivity index (χ1) is 8.69. The number of sulfonamides is 1. The molecule has 106 valence electrons. The van der Waals surface area contributed by atoms with E-state index in [0.29, 0.717) is 17.2 Å². The van der Waals surface area contributed by atoms with Gasteiger partial charge in [-0.15, -0.1) is 0 Å². The lowest BCUT2D eigenvalue weighted by atomic mass is 10.1. The van der Waals surface area contributed by atoms with E-state index < -0.39 is 10.0 Å². The molecule has 1 rings (SSSR count). The predicted octanol–water partition coefficient (Wildman–Crippen LogP) is 1.83. The van der Waals surface area contributed by atoms with Crippen molar-refractivity contribution in [2.45, 2.75) is 26.8 Å². The topological polar surface area (TPSA) is 75.3 Å². The van der Waals surface area contributed by atoms with Gasteiger partial charge in [-0.2, -0.15) is 0 Å². The van der Waals surface area contributed by atoms with Gasteiger partial charge in [0.05, 0.1) is 6.26 Å². The molecular weight excluding hydrogens is 264 g/mol. The van der Waals surface area contributed by atoms with E-state index in [1.165, 1.54) is 0 Å². The number of hydrogen-bond acceptors (Lipinski definition) is 3. The number of rotatable bonds is 5. The van der Waals surface area contributed by atoms with E-state index in [1.807, 2.05) is 20.8 Å². The van der Waals surface area contributed by atoms with Crippen LogP contribution in [-0.2, 0) is 10.0 Å². The number of benzene rings is 1. The molecule has 0 spiro atoms. The fraction of sp³-hybridized carbons (Fsp3) is 0.462. The highest BCUT2D eigenvalue weighted by Gasteiger charge is 2.12. The maximum absolute atomic E-state index is 11.9. The second kappa shape index (κ2) is 6.06. The number of amides is 1. The molecule has 0 bridgehead atoms. The van der Waals surface area contributed by atoms with E-state index in [-0.39, 0.29) is 11.9 Å². The van der Waals surface area contributed by atoms with Crippen molar-refractivity contribution < 1.29 is 13.2 Å². The Bertz CT molecular complexity index is 536. The van der Waals surface area contributed by atoms with Crippen molar-refractivity contribution in [1.82, 2.24) is 5.32 Å². The third-order valence-corrected chi connectivity index (χ3v) is 3.42. The van der Waals surface area contributed by atoms with Gasteiger partial charge >= 0.3 is 0 Å². The van der Waals surface area contributed by atoms with Gasteiger partial charge in [-0.1, -0.05) is 13.8 Å². The Balaban J connectivity index is 2.74. The summed E-state index contributed by atoms with van der Waals surface area (Å²) in [7, 11) is -3.29. The van der Waals surface area contributed by atoms with Crippen LogP contribution in [0.5, 0.6) is 0 Å². The Hall–Kier alpha value is -1.56. The fourth-order valence-electron chi connectivity index (χ4n) is 1.36. The molecule has 1 aromatic carbocycles. The molecule has 1 atom stereocenters. The minimum absolute atomic E-state index is 0.0846. The van der Waals surface area contributed by atoms with Crippen molar-refractivity contribution in [3.05, 3.63) is 29.8 Å². The van der Waals surface area contributed by atoms with Crippen molar-refractivity contribution in [3.63, 3.8) is 0 Å². The summed E-state index contributed by atoms with van der Waals surface area (Å²) in [6.07, 6.45) is 1.08. The molecule has 0 aliphatic carbocycles. The molecule has 6 heteroatoms. The molecule has 2 N–H and O–H groups in total. The lowest BCUT2D eigenvalue weighted by molar-refractivity contribution is 0.0930. The van der Waals surface area contributed by atoms with Crippen molar-refractivity contribution in [1.29, 1.82) is 0 Å². The van der Waals surface area contributed by atoms with Crippen molar-refractivity contribution in [3.8, 4) is 0 Å². The molecule has 0 fully saturated rings. The van der Waals surface area contributed by atoms with Crippen LogP contribution in [0.15, 0.2) is 24.3 Å². The molecule has 0 saturated heterocycles. The number of hydrogen-bond donors (Lipinski definition) is 2. The summed E-state index contributed by atoms with van der Waals surface area (Å²) in [6, 6.07) is 6.40. The molecule has 0 radical (unpaired) electrons. The monoisotopic (exact) mass is 284 g/mol. The normalized spacial score (nSPS) is 13.1. The highest BCUT2D eigenvalue weighted by atomic mass is 32.2. The van der Waals surface area contributed by atoms with Gasteiger partial charge in [0.1, 0.15) is 0 Å². The first-order valence-corrected chi connectivity index (χ1v) is 7.97. The Morgan fingerprint density at radius 3 is 2.05 bits per heavy atom. The first-order valence-electron chi connectivity index (χ1n) is 6.08. The van der Waals surface area contributed by atoms with Crippen LogP contribution < -0.4 is 10.0 Å². The smallest absolute Gasteiger partial charge is 0.251 e. The molecule has 19 heavy (non-hydrogen) atoms. The molecular formula is C13H20N2O3S. The highest BCUT2D eigenvalue weighted by Crippen LogP contribution is 2.11.